The highest BCUT2D eigenvalue weighted by Gasteiger charge is 2.27. The Bertz CT molecular complexity index is 237. The topological polar surface area (TPSA) is 95.9 Å². The molecule has 2 atom stereocenters. The number of amides is 1. The van der Waals surface area contributed by atoms with Crippen molar-refractivity contribution in [1.29, 1.82) is 0 Å². The van der Waals surface area contributed by atoms with E-state index in [1.165, 1.54) is 0 Å². The number of aliphatic hydroxyl groups is 1. The van der Waals surface area contributed by atoms with Crippen LogP contribution in [0.1, 0.15) is 12.8 Å². The largest absolute Gasteiger partial charge is 0.480 e. The highest BCUT2D eigenvalue weighted by atomic mass is 16.5. The van der Waals surface area contributed by atoms with Crippen molar-refractivity contribution in [3.05, 3.63) is 0 Å². The van der Waals surface area contributed by atoms with Crippen molar-refractivity contribution in [3.63, 3.8) is 0 Å². The zero-order valence-electron chi connectivity index (χ0n) is 8.31. The lowest BCUT2D eigenvalue weighted by atomic mass is 10.1. The van der Waals surface area contributed by atoms with Crippen LogP contribution in [0.15, 0.2) is 0 Å². The van der Waals surface area contributed by atoms with Gasteiger partial charge in [-0.05, 0) is 6.42 Å². The fourth-order valence-electron chi connectivity index (χ4n) is 1.42. The van der Waals surface area contributed by atoms with E-state index in [2.05, 4.69) is 5.32 Å². The van der Waals surface area contributed by atoms with Crippen LogP contribution in [-0.2, 0) is 14.3 Å². The van der Waals surface area contributed by atoms with Crippen molar-refractivity contribution in [2.24, 2.45) is 5.92 Å². The monoisotopic (exact) mass is 217 g/mol. The normalized spacial score (nSPS) is 22.3. The molecule has 0 aromatic rings. The molecule has 1 aliphatic rings. The van der Waals surface area contributed by atoms with Crippen molar-refractivity contribution in [1.82, 2.24) is 5.32 Å². The van der Waals surface area contributed by atoms with E-state index in [0.717, 1.165) is 0 Å². The lowest BCUT2D eigenvalue weighted by Crippen LogP contribution is -2.44. The number of aliphatic carboxylic acids is 1. The van der Waals surface area contributed by atoms with Gasteiger partial charge in [0.1, 0.15) is 6.04 Å². The molecule has 86 valence electrons. The summed E-state index contributed by atoms with van der Waals surface area (Å²) in [6.45, 7) is 0.617. The number of hydrogen-bond donors (Lipinski definition) is 3. The average Bonchev–Trinajstić information content (AvgIpc) is 2.69. The van der Waals surface area contributed by atoms with Crippen LogP contribution in [0.3, 0.4) is 0 Å². The number of carboxylic acid groups (broad SMARTS) is 1. The molecule has 0 spiro atoms. The van der Waals surface area contributed by atoms with E-state index in [4.69, 9.17) is 14.9 Å². The van der Waals surface area contributed by atoms with E-state index in [-0.39, 0.29) is 24.9 Å². The zero-order chi connectivity index (χ0) is 11.3. The molecular weight excluding hydrogens is 202 g/mol. The summed E-state index contributed by atoms with van der Waals surface area (Å²) in [7, 11) is 0. The molecule has 6 heteroatoms. The van der Waals surface area contributed by atoms with Gasteiger partial charge in [-0.15, -0.1) is 0 Å². The Labute approximate surface area is 87.2 Å². The van der Waals surface area contributed by atoms with E-state index in [1.807, 2.05) is 0 Å². The predicted octanol–water partition coefficient (Wildman–Crippen LogP) is -1.03. The summed E-state index contributed by atoms with van der Waals surface area (Å²) >= 11 is 0. The maximum Gasteiger partial charge on any atom is 0.326 e. The van der Waals surface area contributed by atoms with Crippen molar-refractivity contribution >= 4 is 11.9 Å². The Morgan fingerprint density at radius 3 is 2.73 bits per heavy atom. The molecule has 1 rings (SSSR count). The van der Waals surface area contributed by atoms with Crippen molar-refractivity contribution < 1.29 is 24.5 Å². The van der Waals surface area contributed by atoms with Crippen LogP contribution in [0.5, 0.6) is 0 Å². The van der Waals surface area contributed by atoms with Gasteiger partial charge in [-0.25, -0.2) is 4.79 Å². The van der Waals surface area contributed by atoms with E-state index < -0.39 is 12.0 Å². The van der Waals surface area contributed by atoms with Gasteiger partial charge in [0.2, 0.25) is 5.91 Å². The quantitative estimate of drug-likeness (QED) is 0.547. The summed E-state index contributed by atoms with van der Waals surface area (Å²) in [6, 6.07) is -1.01. The number of ether oxygens (including phenoxy) is 1. The van der Waals surface area contributed by atoms with Gasteiger partial charge in [0.15, 0.2) is 0 Å². The molecule has 0 aromatic heterocycles. The van der Waals surface area contributed by atoms with E-state index in [9.17, 15) is 9.59 Å². The highest BCUT2D eigenvalue weighted by Crippen LogP contribution is 2.12. The van der Waals surface area contributed by atoms with Gasteiger partial charge in [0.05, 0.1) is 12.5 Å². The second-order valence-electron chi connectivity index (χ2n) is 3.47. The Kier molecular flexibility index (Phi) is 4.51. The molecule has 6 nitrogen and oxygen atoms in total. The predicted molar refractivity (Wildman–Crippen MR) is 50.2 cm³/mol. The van der Waals surface area contributed by atoms with Gasteiger partial charge in [0.25, 0.3) is 0 Å². The van der Waals surface area contributed by atoms with Gasteiger partial charge in [0, 0.05) is 19.6 Å². The summed E-state index contributed by atoms with van der Waals surface area (Å²) in [5.41, 5.74) is 0. The van der Waals surface area contributed by atoms with Crippen molar-refractivity contribution in [2.75, 3.05) is 19.8 Å². The third-order valence-electron chi connectivity index (χ3n) is 2.33. The molecule has 1 heterocycles. The molecule has 0 radical (unpaired) electrons. The summed E-state index contributed by atoms with van der Waals surface area (Å²) < 4.78 is 5.02. The van der Waals surface area contributed by atoms with Crippen LogP contribution in [-0.4, -0.2) is 48.0 Å². The Morgan fingerprint density at radius 1 is 1.53 bits per heavy atom. The SMILES string of the molecule is O=C(N[C@H](CCO)C(=O)O)C1CCOC1. The number of carbonyl (C=O) groups is 2. The number of rotatable bonds is 5. The first-order valence-corrected chi connectivity index (χ1v) is 4.87. The van der Waals surface area contributed by atoms with Crippen LogP contribution in [0.2, 0.25) is 0 Å². The summed E-state index contributed by atoms with van der Waals surface area (Å²) in [4.78, 5) is 22.2. The molecular formula is C9H15NO5. The van der Waals surface area contributed by atoms with Gasteiger partial charge in [-0.2, -0.15) is 0 Å². The van der Waals surface area contributed by atoms with Crippen LogP contribution in [0, 0.1) is 5.92 Å². The minimum absolute atomic E-state index is 0.0225. The number of carbonyl (C=O) groups excluding carboxylic acids is 1. The Hall–Kier alpha value is -1.14. The molecule has 0 aromatic carbocycles. The van der Waals surface area contributed by atoms with Crippen molar-refractivity contribution in [3.8, 4) is 0 Å². The number of hydrogen-bond acceptors (Lipinski definition) is 4. The smallest absolute Gasteiger partial charge is 0.326 e. The standard InChI is InChI=1S/C9H15NO5/c11-3-1-7(9(13)14)10-8(12)6-2-4-15-5-6/h6-7,11H,1-5H2,(H,10,12)(H,13,14)/t6?,7-/m1/s1. The minimum Gasteiger partial charge on any atom is -0.480 e. The molecule has 1 aliphatic heterocycles. The Balaban J connectivity index is 2.42. The maximum absolute atomic E-state index is 11.5. The van der Waals surface area contributed by atoms with Crippen LogP contribution in [0.4, 0.5) is 0 Å². The minimum atomic E-state index is -1.13. The molecule has 0 saturated carbocycles. The molecule has 15 heavy (non-hydrogen) atoms. The molecule has 1 saturated heterocycles. The molecule has 1 fully saturated rings. The summed E-state index contributed by atoms with van der Waals surface area (Å²) in [5.74, 6) is -1.70. The third-order valence-corrected chi connectivity index (χ3v) is 2.33. The first-order chi connectivity index (χ1) is 7.15. The lowest BCUT2D eigenvalue weighted by molar-refractivity contribution is -0.142. The molecule has 3 N–H and O–H groups in total. The molecule has 0 aliphatic carbocycles. The first-order valence-electron chi connectivity index (χ1n) is 4.87. The maximum atomic E-state index is 11.5. The average molecular weight is 217 g/mol. The molecule has 1 amide bonds. The van der Waals surface area contributed by atoms with Crippen LogP contribution < -0.4 is 5.32 Å². The number of aliphatic hydroxyl groups excluding tert-OH is 1. The molecule has 1 unspecified atom stereocenters. The number of nitrogens with one attached hydrogen (secondary N) is 1. The van der Waals surface area contributed by atoms with Gasteiger partial charge >= 0.3 is 5.97 Å². The van der Waals surface area contributed by atoms with Crippen LogP contribution >= 0.6 is 0 Å². The Morgan fingerprint density at radius 2 is 2.27 bits per heavy atom. The van der Waals surface area contributed by atoms with E-state index in [0.29, 0.717) is 19.6 Å². The fraction of sp³-hybridized carbons (Fsp3) is 0.778. The van der Waals surface area contributed by atoms with Gasteiger partial charge in [-0.1, -0.05) is 0 Å². The first kappa shape index (κ1) is 11.9. The van der Waals surface area contributed by atoms with E-state index >= 15 is 0 Å². The zero-order valence-corrected chi connectivity index (χ0v) is 8.31. The van der Waals surface area contributed by atoms with E-state index in [1.54, 1.807) is 0 Å². The van der Waals surface area contributed by atoms with Crippen molar-refractivity contribution in [2.45, 2.75) is 18.9 Å². The number of carboxylic acids is 1. The summed E-state index contributed by atoms with van der Waals surface area (Å²) in [6.07, 6.45) is 0.645. The van der Waals surface area contributed by atoms with Gasteiger partial charge < -0.3 is 20.3 Å². The second kappa shape index (κ2) is 5.67. The third kappa shape index (κ3) is 3.49. The molecule has 0 bridgehead atoms. The fourth-order valence-corrected chi connectivity index (χ4v) is 1.42. The summed E-state index contributed by atoms with van der Waals surface area (Å²) in [5, 5.41) is 19.7. The second-order valence-corrected chi connectivity index (χ2v) is 3.47. The van der Waals surface area contributed by atoms with Gasteiger partial charge in [-0.3, -0.25) is 4.79 Å². The highest BCUT2D eigenvalue weighted by molar-refractivity contribution is 5.85. The lowest BCUT2D eigenvalue weighted by Gasteiger charge is -2.15. The van der Waals surface area contributed by atoms with Crippen LogP contribution in [0.25, 0.3) is 0 Å².